The molecule has 0 heterocycles. The topological polar surface area (TPSA) is 9.23 Å². The molecule has 0 aromatic heterocycles. The van der Waals surface area contributed by atoms with Gasteiger partial charge in [0.05, 0.1) is 6.61 Å². The van der Waals surface area contributed by atoms with Crippen molar-refractivity contribution in [1.29, 1.82) is 0 Å². The summed E-state index contributed by atoms with van der Waals surface area (Å²) in [4.78, 5) is 0. The van der Waals surface area contributed by atoms with Crippen LogP contribution in [-0.4, -0.2) is 14.9 Å². The fourth-order valence-corrected chi connectivity index (χ4v) is 1.94. The number of halogens is 1. The van der Waals surface area contributed by atoms with Crippen LogP contribution in [0.2, 0.25) is 19.6 Å². The summed E-state index contributed by atoms with van der Waals surface area (Å²) in [6.45, 7) is 11.2. The third kappa shape index (κ3) is 4.78. The summed E-state index contributed by atoms with van der Waals surface area (Å²) in [5.74, 6) is 0. The van der Waals surface area contributed by atoms with Crippen LogP contribution in [-0.2, 0) is 4.43 Å². The first kappa shape index (κ1) is 12.7. The normalized spacial score (nSPS) is 11.5. The Morgan fingerprint density at radius 3 is 2.27 bits per heavy atom. The number of hydrogen-bond acceptors (Lipinski definition) is 1. The molecule has 82 valence electrons. The Hall–Kier alpha value is -0.383. The SMILES string of the molecule is C=C(CO[Si](C)(C)C)c1ccc(Br)cc1. The molecule has 0 saturated heterocycles. The monoisotopic (exact) mass is 284 g/mol. The summed E-state index contributed by atoms with van der Waals surface area (Å²) >= 11 is 3.41. The van der Waals surface area contributed by atoms with E-state index < -0.39 is 8.32 Å². The standard InChI is InChI=1S/C12H17BrOSi/c1-10(9-14-15(2,3)4)11-5-7-12(13)8-6-11/h5-8H,1,9H2,2-4H3. The number of hydrogen-bond donors (Lipinski definition) is 0. The van der Waals surface area contributed by atoms with Crippen molar-refractivity contribution in [2.45, 2.75) is 19.6 Å². The highest BCUT2D eigenvalue weighted by Crippen LogP contribution is 2.18. The van der Waals surface area contributed by atoms with Crippen molar-refractivity contribution in [3.05, 3.63) is 40.9 Å². The van der Waals surface area contributed by atoms with Crippen molar-refractivity contribution in [3.8, 4) is 0 Å². The molecule has 0 bridgehead atoms. The maximum atomic E-state index is 5.80. The van der Waals surface area contributed by atoms with Gasteiger partial charge in [0.25, 0.3) is 0 Å². The van der Waals surface area contributed by atoms with Crippen LogP contribution in [0.25, 0.3) is 5.57 Å². The van der Waals surface area contributed by atoms with E-state index in [0.29, 0.717) is 6.61 Å². The third-order valence-electron chi connectivity index (χ3n) is 1.93. The van der Waals surface area contributed by atoms with Gasteiger partial charge in [-0.3, -0.25) is 0 Å². The lowest BCUT2D eigenvalue weighted by molar-refractivity contribution is 0.365. The molecule has 0 amide bonds. The molecule has 0 radical (unpaired) electrons. The largest absolute Gasteiger partial charge is 0.413 e. The van der Waals surface area contributed by atoms with Crippen LogP contribution in [0.15, 0.2) is 35.3 Å². The van der Waals surface area contributed by atoms with Gasteiger partial charge in [0.1, 0.15) is 0 Å². The van der Waals surface area contributed by atoms with E-state index in [1.807, 2.05) is 12.1 Å². The summed E-state index contributed by atoms with van der Waals surface area (Å²) in [5, 5.41) is 0. The quantitative estimate of drug-likeness (QED) is 0.749. The lowest BCUT2D eigenvalue weighted by atomic mass is 10.1. The van der Waals surface area contributed by atoms with Crippen LogP contribution < -0.4 is 0 Å². The highest BCUT2D eigenvalue weighted by Gasteiger charge is 2.14. The summed E-state index contributed by atoms with van der Waals surface area (Å²) in [7, 11) is -1.43. The third-order valence-corrected chi connectivity index (χ3v) is 3.47. The summed E-state index contributed by atoms with van der Waals surface area (Å²) in [5.41, 5.74) is 2.20. The Morgan fingerprint density at radius 1 is 1.27 bits per heavy atom. The first-order chi connectivity index (χ1) is 6.88. The van der Waals surface area contributed by atoms with Gasteiger partial charge >= 0.3 is 0 Å². The molecule has 1 nitrogen and oxygen atoms in total. The fourth-order valence-electron chi connectivity index (χ4n) is 1.07. The average Bonchev–Trinajstić information content (AvgIpc) is 2.14. The fraction of sp³-hybridized carbons (Fsp3) is 0.333. The molecule has 3 heteroatoms. The van der Waals surface area contributed by atoms with Gasteiger partial charge in [-0.15, -0.1) is 0 Å². The minimum Gasteiger partial charge on any atom is -0.413 e. The lowest BCUT2D eigenvalue weighted by Gasteiger charge is -2.18. The molecule has 1 aromatic carbocycles. The number of rotatable bonds is 4. The van der Waals surface area contributed by atoms with Crippen molar-refractivity contribution in [3.63, 3.8) is 0 Å². The molecule has 1 aromatic rings. The summed E-state index contributed by atoms with van der Waals surface area (Å²) in [6, 6.07) is 8.16. The van der Waals surface area contributed by atoms with E-state index in [0.717, 1.165) is 15.6 Å². The van der Waals surface area contributed by atoms with Gasteiger partial charge in [-0.25, -0.2) is 0 Å². The average molecular weight is 285 g/mol. The Balaban J connectivity index is 2.58. The highest BCUT2D eigenvalue weighted by atomic mass is 79.9. The minimum atomic E-state index is -1.43. The lowest BCUT2D eigenvalue weighted by Crippen LogP contribution is -2.26. The molecular formula is C12H17BrOSi. The van der Waals surface area contributed by atoms with Gasteiger partial charge in [0.15, 0.2) is 8.32 Å². The molecule has 0 spiro atoms. The Kier molecular flexibility index (Phi) is 4.31. The second-order valence-corrected chi connectivity index (χ2v) is 9.94. The van der Waals surface area contributed by atoms with Crippen molar-refractivity contribution in [2.24, 2.45) is 0 Å². The van der Waals surface area contributed by atoms with Gasteiger partial charge in [-0.1, -0.05) is 34.6 Å². The molecule has 15 heavy (non-hydrogen) atoms. The first-order valence-electron chi connectivity index (χ1n) is 4.96. The van der Waals surface area contributed by atoms with E-state index in [-0.39, 0.29) is 0 Å². The summed E-state index contributed by atoms with van der Waals surface area (Å²) in [6.07, 6.45) is 0. The van der Waals surface area contributed by atoms with Crippen LogP contribution in [0.4, 0.5) is 0 Å². The van der Waals surface area contributed by atoms with Crippen molar-refractivity contribution >= 4 is 29.8 Å². The van der Waals surface area contributed by atoms with Crippen LogP contribution in [0.1, 0.15) is 5.56 Å². The molecule has 0 N–H and O–H groups in total. The molecule has 0 aliphatic heterocycles. The second-order valence-electron chi connectivity index (χ2n) is 4.51. The van der Waals surface area contributed by atoms with Gasteiger partial charge in [-0.2, -0.15) is 0 Å². The zero-order chi connectivity index (χ0) is 11.5. The maximum absolute atomic E-state index is 5.80. The van der Waals surface area contributed by atoms with E-state index in [2.05, 4.69) is 54.3 Å². The van der Waals surface area contributed by atoms with Crippen LogP contribution in [0.5, 0.6) is 0 Å². The van der Waals surface area contributed by atoms with Gasteiger partial charge in [0.2, 0.25) is 0 Å². The van der Waals surface area contributed by atoms with E-state index in [1.165, 1.54) is 0 Å². The van der Waals surface area contributed by atoms with Crippen LogP contribution in [0.3, 0.4) is 0 Å². The van der Waals surface area contributed by atoms with Crippen molar-refractivity contribution in [2.75, 3.05) is 6.61 Å². The molecule has 0 aliphatic carbocycles. The smallest absolute Gasteiger partial charge is 0.184 e. The predicted molar refractivity (Wildman–Crippen MR) is 72.5 cm³/mol. The van der Waals surface area contributed by atoms with Gasteiger partial charge in [-0.05, 0) is 42.9 Å². The molecule has 0 aliphatic rings. The minimum absolute atomic E-state index is 0.636. The van der Waals surface area contributed by atoms with Crippen molar-refractivity contribution < 1.29 is 4.43 Å². The molecule has 0 atom stereocenters. The van der Waals surface area contributed by atoms with E-state index in [1.54, 1.807) is 0 Å². The number of benzene rings is 1. The Labute approximate surface area is 101 Å². The van der Waals surface area contributed by atoms with Gasteiger partial charge < -0.3 is 4.43 Å². The Bertz CT molecular complexity index is 338. The molecule has 0 unspecified atom stereocenters. The molecule has 1 rings (SSSR count). The zero-order valence-corrected chi connectivity index (χ0v) is 12.1. The Morgan fingerprint density at radius 2 is 1.80 bits per heavy atom. The zero-order valence-electron chi connectivity index (χ0n) is 9.51. The first-order valence-corrected chi connectivity index (χ1v) is 9.16. The summed E-state index contributed by atoms with van der Waals surface area (Å²) < 4.78 is 6.89. The van der Waals surface area contributed by atoms with Gasteiger partial charge in [0, 0.05) is 4.47 Å². The molecule has 0 saturated carbocycles. The van der Waals surface area contributed by atoms with Crippen LogP contribution >= 0.6 is 15.9 Å². The highest BCUT2D eigenvalue weighted by molar-refractivity contribution is 9.10. The van der Waals surface area contributed by atoms with E-state index in [4.69, 9.17) is 4.43 Å². The predicted octanol–water partition coefficient (Wildman–Crippen LogP) is 4.31. The van der Waals surface area contributed by atoms with Crippen LogP contribution in [0, 0.1) is 0 Å². The molecular weight excluding hydrogens is 268 g/mol. The second kappa shape index (κ2) is 5.10. The van der Waals surface area contributed by atoms with E-state index in [9.17, 15) is 0 Å². The molecule has 0 fully saturated rings. The maximum Gasteiger partial charge on any atom is 0.184 e. The van der Waals surface area contributed by atoms with E-state index >= 15 is 0 Å². The van der Waals surface area contributed by atoms with Crippen molar-refractivity contribution in [1.82, 2.24) is 0 Å².